The van der Waals surface area contributed by atoms with Crippen LogP contribution in [0.1, 0.15) is 33.1 Å². The third-order valence-electron chi connectivity index (χ3n) is 1.86. The van der Waals surface area contributed by atoms with E-state index >= 15 is 0 Å². The maximum absolute atomic E-state index is 12.8. The van der Waals surface area contributed by atoms with Gasteiger partial charge in [-0.25, -0.2) is 4.39 Å². The minimum Gasteiger partial charge on any atom is -0.247 e. The molecule has 0 aliphatic rings. The Bertz CT molecular complexity index is 119. The van der Waals surface area contributed by atoms with Crippen LogP contribution in [-0.2, 0) is 0 Å². The highest BCUT2D eigenvalue weighted by Gasteiger charge is 2.43. The van der Waals surface area contributed by atoms with Crippen LogP contribution >= 0.6 is 0 Å². The molecule has 0 radical (unpaired) electrons. The van der Waals surface area contributed by atoms with Crippen molar-refractivity contribution < 1.29 is 17.6 Å². The summed E-state index contributed by atoms with van der Waals surface area (Å²) in [5.74, 6) is -1.78. The molecule has 12 heavy (non-hydrogen) atoms. The predicted molar refractivity (Wildman–Crippen MR) is 39.6 cm³/mol. The fraction of sp³-hybridized carbons (Fsp3) is 1.00. The zero-order chi connectivity index (χ0) is 9.78. The maximum atomic E-state index is 12.8. The van der Waals surface area contributed by atoms with E-state index in [1.54, 1.807) is 6.92 Å². The monoisotopic (exact) mass is 186 g/mol. The minimum absolute atomic E-state index is 0.00197. The number of halogens is 4. The zero-order valence-corrected chi connectivity index (χ0v) is 7.29. The average molecular weight is 186 g/mol. The van der Waals surface area contributed by atoms with Crippen LogP contribution in [0.15, 0.2) is 0 Å². The molecule has 0 spiro atoms. The van der Waals surface area contributed by atoms with Crippen LogP contribution in [-0.4, -0.2) is 12.3 Å². The van der Waals surface area contributed by atoms with Crippen molar-refractivity contribution in [2.75, 3.05) is 0 Å². The highest BCUT2D eigenvalue weighted by Crippen LogP contribution is 2.34. The van der Waals surface area contributed by atoms with E-state index in [9.17, 15) is 17.6 Å². The maximum Gasteiger partial charge on any atom is 0.394 e. The molecule has 2 atom stereocenters. The van der Waals surface area contributed by atoms with Crippen molar-refractivity contribution in [1.29, 1.82) is 0 Å². The molecular formula is C8H14F4. The molecule has 4 heteroatoms. The molecule has 0 rings (SSSR count). The molecular weight excluding hydrogens is 172 g/mol. The lowest BCUT2D eigenvalue weighted by Gasteiger charge is -2.21. The van der Waals surface area contributed by atoms with E-state index in [-0.39, 0.29) is 12.8 Å². The zero-order valence-electron chi connectivity index (χ0n) is 7.29. The number of alkyl halides is 4. The van der Waals surface area contributed by atoms with Crippen LogP contribution in [0.5, 0.6) is 0 Å². The van der Waals surface area contributed by atoms with Gasteiger partial charge < -0.3 is 0 Å². The SMILES string of the molecule is CCCC(F)C(CC)C(F)(F)F. The van der Waals surface area contributed by atoms with Crippen LogP contribution < -0.4 is 0 Å². The molecule has 0 bridgehead atoms. The molecule has 0 saturated carbocycles. The van der Waals surface area contributed by atoms with Gasteiger partial charge in [0, 0.05) is 0 Å². The van der Waals surface area contributed by atoms with Crippen LogP contribution in [0.2, 0.25) is 0 Å². The highest BCUT2D eigenvalue weighted by molar-refractivity contribution is 4.74. The van der Waals surface area contributed by atoms with Gasteiger partial charge in [-0.15, -0.1) is 0 Å². The third-order valence-corrected chi connectivity index (χ3v) is 1.86. The van der Waals surface area contributed by atoms with Gasteiger partial charge in [-0.2, -0.15) is 13.2 Å². The van der Waals surface area contributed by atoms with Gasteiger partial charge in [0.2, 0.25) is 0 Å². The Morgan fingerprint density at radius 1 is 1.17 bits per heavy atom. The summed E-state index contributed by atoms with van der Waals surface area (Å²) in [6, 6.07) is 0. The van der Waals surface area contributed by atoms with Crippen molar-refractivity contribution in [3.8, 4) is 0 Å². The van der Waals surface area contributed by atoms with Crippen molar-refractivity contribution in [2.45, 2.75) is 45.5 Å². The van der Waals surface area contributed by atoms with Gasteiger partial charge >= 0.3 is 6.18 Å². The van der Waals surface area contributed by atoms with Crippen molar-refractivity contribution in [3.05, 3.63) is 0 Å². The van der Waals surface area contributed by atoms with Gasteiger partial charge in [0.25, 0.3) is 0 Å². The first-order valence-electron chi connectivity index (χ1n) is 4.14. The van der Waals surface area contributed by atoms with Crippen molar-refractivity contribution in [2.24, 2.45) is 5.92 Å². The second-order valence-electron chi connectivity index (χ2n) is 2.86. The Morgan fingerprint density at radius 2 is 1.67 bits per heavy atom. The van der Waals surface area contributed by atoms with Gasteiger partial charge in [-0.05, 0) is 12.8 Å². The van der Waals surface area contributed by atoms with Crippen LogP contribution in [0.4, 0.5) is 17.6 Å². The van der Waals surface area contributed by atoms with Gasteiger partial charge in [0.15, 0.2) is 0 Å². The summed E-state index contributed by atoms with van der Waals surface area (Å²) in [5.41, 5.74) is 0. The Kier molecular flexibility index (Phi) is 4.57. The molecule has 0 nitrogen and oxygen atoms in total. The van der Waals surface area contributed by atoms with E-state index in [2.05, 4.69) is 0 Å². The van der Waals surface area contributed by atoms with Crippen molar-refractivity contribution in [3.63, 3.8) is 0 Å². The number of hydrogen-bond acceptors (Lipinski definition) is 0. The summed E-state index contributed by atoms with van der Waals surface area (Å²) in [7, 11) is 0. The molecule has 0 fully saturated rings. The Balaban J connectivity index is 4.14. The second kappa shape index (κ2) is 4.67. The standard InChI is InChI=1S/C8H14F4/c1-3-5-7(9)6(4-2)8(10,11)12/h6-7H,3-5H2,1-2H3. The summed E-state index contributed by atoms with van der Waals surface area (Å²) >= 11 is 0. The van der Waals surface area contributed by atoms with E-state index in [0.717, 1.165) is 0 Å². The normalized spacial score (nSPS) is 17.5. The lowest BCUT2D eigenvalue weighted by atomic mass is 9.97. The first-order valence-corrected chi connectivity index (χ1v) is 4.14. The molecule has 0 aliphatic heterocycles. The van der Waals surface area contributed by atoms with Gasteiger partial charge in [0.1, 0.15) is 6.17 Å². The summed E-state index contributed by atoms with van der Waals surface area (Å²) in [6.45, 7) is 3.04. The third kappa shape index (κ3) is 3.41. The number of rotatable bonds is 4. The molecule has 0 saturated heterocycles. The van der Waals surface area contributed by atoms with Gasteiger partial charge in [0.05, 0.1) is 5.92 Å². The van der Waals surface area contributed by atoms with E-state index in [1.807, 2.05) is 0 Å². The largest absolute Gasteiger partial charge is 0.394 e. The fourth-order valence-electron chi connectivity index (χ4n) is 1.17. The molecule has 74 valence electrons. The fourth-order valence-corrected chi connectivity index (χ4v) is 1.17. The molecule has 0 aromatic carbocycles. The molecule has 0 heterocycles. The second-order valence-corrected chi connectivity index (χ2v) is 2.86. The average Bonchev–Trinajstić information content (AvgIpc) is 1.85. The number of hydrogen-bond donors (Lipinski definition) is 0. The summed E-state index contributed by atoms with van der Waals surface area (Å²) in [4.78, 5) is 0. The lowest BCUT2D eigenvalue weighted by Crippen LogP contribution is -2.30. The molecule has 0 aromatic heterocycles. The van der Waals surface area contributed by atoms with Crippen molar-refractivity contribution >= 4 is 0 Å². The molecule has 0 aromatic rings. The quantitative estimate of drug-likeness (QED) is 0.587. The van der Waals surface area contributed by atoms with E-state index in [4.69, 9.17) is 0 Å². The van der Waals surface area contributed by atoms with E-state index in [0.29, 0.717) is 6.42 Å². The minimum atomic E-state index is -4.39. The molecule has 0 N–H and O–H groups in total. The van der Waals surface area contributed by atoms with Crippen LogP contribution in [0.25, 0.3) is 0 Å². The molecule has 0 amide bonds. The van der Waals surface area contributed by atoms with Crippen LogP contribution in [0, 0.1) is 5.92 Å². The van der Waals surface area contributed by atoms with E-state index < -0.39 is 18.3 Å². The topological polar surface area (TPSA) is 0 Å². The van der Waals surface area contributed by atoms with Crippen molar-refractivity contribution in [1.82, 2.24) is 0 Å². The summed E-state index contributed by atoms with van der Waals surface area (Å²) < 4.78 is 49.0. The molecule has 0 aliphatic carbocycles. The lowest BCUT2D eigenvalue weighted by molar-refractivity contribution is -0.192. The Morgan fingerprint density at radius 3 is 1.92 bits per heavy atom. The summed E-state index contributed by atoms with van der Waals surface area (Å²) in [5, 5.41) is 0. The predicted octanol–water partition coefficient (Wildman–Crippen LogP) is 3.71. The Labute approximate surface area is 70.0 Å². The van der Waals surface area contributed by atoms with Gasteiger partial charge in [-0.1, -0.05) is 20.3 Å². The first-order chi connectivity index (χ1) is 5.43. The molecule has 2 unspecified atom stereocenters. The highest BCUT2D eigenvalue weighted by atomic mass is 19.4. The van der Waals surface area contributed by atoms with Gasteiger partial charge in [-0.3, -0.25) is 0 Å². The van der Waals surface area contributed by atoms with E-state index in [1.165, 1.54) is 6.92 Å². The Hall–Kier alpha value is -0.280. The summed E-state index contributed by atoms with van der Waals surface area (Å²) in [6.07, 6.45) is -5.85. The van der Waals surface area contributed by atoms with Crippen LogP contribution in [0.3, 0.4) is 0 Å². The first kappa shape index (κ1) is 11.7. The smallest absolute Gasteiger partial charge is 0.247 e.